The summed E-state index contributed by atoms with van der Waals surface area (Å²) >= 11 is 1.00. The lowest BCUT2D eigenvalue weighted by Crippen LogP contribution is -2.31. The topological polar surface area (TPSA) is 49.9 Å². The first-order chi connectivity index (χ1) is 12.1. The fourth-order valence-corrected chi connectivity index (χ4v) is 4.04. The fourth-order valence-electron chi connectivity index (χ4n) is 3.19. The molecule has 1 aromatic carbocycles. The Bertz CT molecular complexity index is 696. The molecule has 2 saturated heterocycles. The molecule has 3 rings (SSSR count). The van der Waals surface area contributed by atoms with Crippen LogP contribution in [0.5, 0.6) is 0 Å². The van der Waals surface area contributed by atoms with Gasteiger partial charge in [-0.25, -0.2) is 0 Å². The molecule has 0 saturated carbocycles. The summed E-state index contributed by atoms with van der Waals surface area (Å²) in [6.07, 6.45) is 5.63. The van der Waals surface area contributed by atoms with E-state index in [1.807, 2.05) is 12.1 Å². The zero-order valence-corrected chi connectivity index (χ0v) is 15.6. The van der Waals surface area contributed by atoms with Crippen LogP contribution in [0.25, 0.3) is 6.08 Å². The van der Waals surface area contributed by atoms with E-state index in [4.69, 9.17) is 4.74 Å². The second-order valence-electron chi connectivity index (χ2n) is 6.41. The Morgan fingerprint density at radius 3 is 2.64 bits per heavy atom. The lowest BCUT2D eigenvalue weighted by atomic mass is 10.0. The minimum atomic E-state index is -0.230. The summed E-state index contributed by atoms with van der Waals surface area (Å²) < 4.78 is 4.96. The van der Waals surface area contributed by atoms with Crippen LogP contribution < -0.4 is 4.90 Å². The van der Waals surface area contributed by atoms with Crippen molar-refractivity contribution in [2.75, 3.05) is 38.3 Å². The van der Waals surface area contributed by atoms with Crippen molar-refractivity contribution in [3.63, 3.8) is 0 Å². The van der Waals surface area contributed by atoms with E-state index in [0.29, 0.717) is 18.1 Å². The van der Waals surface area contributed by atoms with Crippen LogP contribution in [-0.4, -0.2) is 49.4 Å². The Balaban J connectivity index is 1.77. The van der Waals surface area contributed by atoms with Crippen LogP contribution in [0, 0.1) is 6.92 Å². The van der Waals surface area contributed by atoms with Crippen LogP contribution in [0.15, 0.2) is 23.1 Å². The number of rotatable bonds is 5. The SMILES string of the molecule is COCCN1C(=O)S/C(=C/c2ccc(N3CCCCC3)cc2C)C1=O. The molecule has 6 heteroatoms. The number of carbonyl (C=O) groups excluding carboxylic acids is 2. The number of anilines is 1. The molecule has 0 atom stereocenters. The predicted molar refractivity (Wildman–Crippen MR) is 102 cm³/mol. The highest BCUT2D eigenvalue weighted by molar-refractivity contribution is 8.18. The molecule has 2 heterocycles. The van der Waals surface area contributed by atoms with E-state index in [-0.39, 0.29) is 11.1 Å². The Morgan fingerprint density at radius 2 is 1.96 bits per heavy atom. The molecule has 0 N–H and O–H groups in total. The maximum atomic E-state index is 12.4. The molecule has 1 aromatic rings. The van der Waals surface area contributed by atoms with Crippen molar-refractivity contribution in [2.24, 2.45) is 0 Å². The number of carbonyl (C=O) groups is 2. The van der Waals surface area contributed by atoms with Gasteiger partial charge in [-0.15, -0.1) is 0 Å². The molecule has 0 bridgehead atoms. The van der Waals surface area contributed by atoms with Crippen LogP contribution in [0.3, 0.4) is 0 Å². The third kappa shape index (κ3) is 4.07. The Labute approximate surface area is 153 Å². The third-order valence-electron chi connectivity index (χ3n) is 4.65. The van der Waals surface area contributed by atoms with Gasteiger partial charge in [0.2, 0.25) is 0 Å². The highest BCUT2D eigenvalue weighted by Crippen LogP contribution is 2.33. The smallest absolute Gasteiger partial charge is 0.293 e. The van der Waals surface area contributed by atoms with E-state index in [1.165, 1.54) is 29.8 Å². The van der Waals surface area contributed by atoms with Gasteiger partial charge in [-0.3, -0.25) is 14.5 Å². The van der Waals surface area contributed by atoms with Gasteiger partial charge in [0, 0.05) is 25.9 Å². The Kier molecular flexibility index (Phi) is 5.81. The second kappa shape index (κ2) is 8.06. The van der Waals surface area contributed by atoms with E-state index >= 15 is 0 Å². The molecule has 2 amide bonds. The highest BCUT2D eigenvalue weighted by Gasteiger charge is 2.34. The molecule has 0 aromatic heterocycles. The van der Waals surface area contributed by atoms with Gasteiger partial charge in [0.15, 0.2) is 0 Å². The lowest BCUT2D eigenvalue weighted by molar-refractivity contribution is -0.123. The Morgan fingerprint density at radius 1 is 1.20 bits per heavy atom. The van der Waals surface area contributed by atoms with E-state index in [0.717, 1.165) is 36.0 Å². The van der Waals surface area contributed by atoms with Gasteiger partial charge in [0.05, 0.1) is 18.1 Å². The van der Waals surface area contributed by atoms with Crippen LogP contribution in [0.2, 0.25) is 0 Å². The van der Waals surface area contributed by atoms with Crippen molar-refractivity contribution in [1.29, 1.82) is 0 Å². The Hall–Kier alpha value is -1.79. The van der Waals surface area contributed by atoms with Crippen molar-refractivity contribution in [3.05, 3.63) is 34.2 Å². The van der Waals surface area contributed by atoms with E-state index in [2.05, 4.69) is 24.0 Å². The zero-order valence-electron chi connectivity index (χ0n) is 14.8. The summed E-state index contributed by atoms with van der Waals surface area (Å²) in [5, 5.41) is -0.226. The van der Waals surface area contributed by atoms with Crippen LogP contribution in [0.1, 0.15) is 30.4 Å². The number of hydrogen-bond acceptors (Lipinski definition) is 5. The number of amides is 2. The molecule has 0 radical (unpaired) electrons. The maximum Gasteiger partial charge on any atom is 0.293 e. The largest absolute Gasteiger partial charge is 0.383 e. The molecule has 0 spiro atoms. The number of aryl methyl sites for hydroxylation is 1. The summed E-state index contributed by atoms with van der Waals surface area (Å²) in [7, 11) is 1.56. The number of piperidine rings is 1. The molecule has 2 aliphatic heterocycles. The summed E-state index contributed by atoms with van der Waals surface area (Å²) in [6, 6.07) is 6.33. The molecule has 25 heavy (non-hydrogen) atoms. The van der Waals surface area contributed by atoms with Gasteiger partial charge in [-0.2, -0.15) is 0 Å². The van der Waals surface area contributed by atoms with E-state index in [1.54, 1.807) is 7.11 Å². The predicted octanol–water partition coefficient (Wildman–Crippen LogP) is 3.67. The van der Waals surface area contributed by atoms with Crippen molar-refractivity contribution >= 4 is 34.7 Å². The molecule has 2 aliphatic rings. The van der Waals surface area contributed by atoms with Gasteiger partial charge in [0.25, 0.3) is 11.1 Å². The quantitative estimate of drug-likeness (QED) is 0.750. The molecule has 0 aliphatic carbocycles. The van der Waals surface area contributed by atoms with E-state index in [9.17, 15) is 9.59 Å². The fraction of sp³-hybridized carbons (Fsp3) is 0.474. The van der Waals surface area contributed by atoms with Crippen LogP contribution in [-0.2, 0) is 9.53 Å². The molecule has 5 nitrogen and oxygen atoms in total. The highest BCUT2D eigenvalue weighted by atomic mass is 32.2. The molecule has 0 unspecified atom stereocenters. The molecular weight excluding hydrogens is 336 g/mol. The first-order valence-electron chi connectivity index (χ1n) is 8.70. The summed E-state index contributed by atoms with van der Waals surface area (Å²) in [5.41, 5.74) is 3.34. The van der Waals surface area contributed by atoms with Crippen LogP contribution >= 0.6 is 11.8 Å². The minimum Gasteiger partial charge on any atom is -0.383 e. The number of thioether (sulfide) groups is 1. The average molecular weight is 360 g/mol. The maximum absolute atomic E-state index is 12.4. The monoisotopic (exact) mass is 360 g/mol. The van der Waals surface area contributed by atoms with Gasteiger partial charge in [-0.05, 0) is 67.3 Å². The number of benzene rings is 1. The number of methoxy groups -OCH3 is 1. The molecule has 2 fully saturated rings. The molecular formula is C19H24N2O3S. The zero-order chi connectivity index (χ0) is 17.8. The first kappa shape index (κ1) is 18.0. The number of hydrogen-bond donors (Lipinski definition) is 0. The minimum absolute atomic E-state index is 0.226. The second-order valence-corrected chi connectivity index (χ2v) is 7.41. The summed E-state index contributed by atoms with van der Waals surface area (Å²) in [4.78, 5) is 28.6. The van der Waals surface area contributed by atoms with Gasteiger partial charge in [-0.1, -0.05) is 6.07 Å². The molecule has 134 valence electrons. The average Bonchev–Trinajstić information content (AvgIpc) is 2.89. The van der Waals surface area contributed by atoms with Gasteiger partial charge < -0.3 is 9.64 Å². The lowest BCUT2D eigenvalue weighted by Gasteiger charge is -2.29. The number of ether oxygens (including phenoxy) is 1. The number of nitrogens with zero attached hydrogens (tertiary/aromatic N) is 2. The van der Waals surface area contributed by atoms with E-state index < -0.39 is 0 Å². The standard InChI is InChI=1S/C19H24N2O3S/c1-14-12-16(20-8-4-3-5-9-20)7-6-15(14)13-17-18(22)21(10-11-24-2)19(23)25-17/h6-7,12-13H,3-5,8-11H2,1-2H3/b17-13+. The first-order valence-corrected chi connectivity index (χ1v) is 9.51. The van der Waals surface area contributed by atoms with Crippen molar-refractivity contribution in [1.82, 2.24) is 4.90 Å². The van der Waals surface area contributed by atoms with Crippen molar-refractivity contribution < 1.29 is 14.3 Å². The summed E-state index contributed by atoms with van der Waals surface area (Å²) in [5.74, 6) is -0.230. The van der Waals surface area contributed by atoms with Crippen LogP contribution in [0.4, 0.5) is 10.5 Å². The summed E-state index contributed by atoms with van der Waals surface area (Å²) in [6.45, 7) is 4.92. The van der Waals surface area contributed by atoms with Gasteiger partial charge >= 0.3 is 0 Å². The normalized spacial score (nSPS) is 20.0. The van der Waals surface area contributed by atoms with Crippen molar-refractivity contribution in [3.8, 4) is 0 Å². The van der Waals surface area contributed by atoms with Gasteiger partial charge in [0.1, 0.15) is 0 Å². The third-order valence-corrected chi connectivity index (χ3v) is 5.56. The van der Waals surface area contributed by atoms with Crippen molar-refractivity contribution in [2.45, 2.75) is 26.2 Å². The number of imide groups is 1.